The number of allylic oxidation sites excluding steroid dienone is 1. The summed E-state index contributed by atoms with van der Waals surface area (Å²) in [4.78, 5) is 7.68. The van der Waals surface area contributed by atoms with Crippen molar-refractivity contribution >= 4 is 22.7 Å². The van der Waals surface area contributed by atoms with Gasteiger partial charge in [0, 0.05) is 12.0 Å². The van der Waals surface area contributed by atoms with E-state index in [9.17, 15) is 5.26 Å². The van der Waals surface area contributed by atoms with Crippen LogP contribution in [0.3, 0.4) is 0 Å². The fourth-order valence-electron chi connectivity index (χ4n) is 2.72. The van der Waals surface area contributed by atoms with E-state index < -0.39 is 0 Å². The summed E-state index contributed by atoms with van der Waals surface area (Å²) in [5.74, 6) is 1.94. The highest BCUT2D eigenvalue weighted by molar-refractivity contribution is 5.91. The Balaban J connectivity index is 1.80. The van der Waals surface area contributed by atoms with E-state index in [4.69, 9.17) is 9.47 Å². The number of ether oxygens (including phenoxy) is 2. The van der Waals surface area contributed by atoms with Crippen molar-refractivity contribution in [3.63, 3.8) is 0 Å². The number of aromatic nitrogens is 2. The van der Waals surface area contributed by atoms with Gasteiger partial charge in [-0.3, -0.25) is 0 Å². The zero-order valence-electron chi connectivity index (χ0n) is 13.0. The summed E-state index contributed by atoms with van der Waals surface area (Å²) in [6.45, 7) is 1.24. The lowest BCUT2D eigenvalue weighted by Crippen LogP contribution is -1.98. The van der Waals surface area contributed by atoms with E-state index in [1.807, 2.05) is 42.5 Å². The van der Waals surface area contributed by atoms with Gasteiger partial charge in [0.25, 0.3) is 0 Å². The minimum Gasteiger partial charge on any atom is -0.490 e. The number of benzene rings is 2. The third-order valence-corrected chi connectivity index (χ3v) is 3.87. The molecule has 2 heterocycles. The Morgan fingerprint density at radius 2 is 2.00 bits per heavy atom. The monoisotopic (exact) mass is 317 g/mol. The van der Waals surface area contributed by atoms with Crippen molar-refractivity contribution in [1.82, 2.24) is 9.97 Å². The van der Waals surface area contributed by atoms with E-state index in [-0.39, 0.29) is 0 Å². The Bertz CT molecular complexity index is 933. The van der Waals surface area contributed by atoms with Crippen LogP contribution in [-0.2, 0) is 0 Å². The quantitative estimate of drug-likeness (QED) is 0.730. The molecule has 0 bridgehead atoms. The summed E-state index contributed by atoms with van der Waals surface area (Å²) >= 11 is 0. The van der Waals surface area contributed by atoms with Gasteiger partial charge in [0.2, 0.25) is 0 Å². The minimum absolute atomic E-state index is 0.451. The predicted octanol–water partition coefficient (Wildman–Crippen LogP) is 3.79. The summed E-state index contributed by atoms with van der Waals surface area (Å²) in [5, 5.41) is 9.58. The van der Waals surface area contributed by atoms with Gasteiger partial charge in [-0.25, -0.2) is 4.98 Å². The molecule has 5 nitrogen and oxygen atoms in total. The Morgan fingerprint density at radius 1 is 1.12 bits per heavy atom. The number of hydrogen-bond acceptors (Lipinski definition) is 4. The molecule has 0 amide bonds. The van der Waals surface area contributed by atoms with Crippen molar-refractivity contribution in [2.45, 2.75) is 6.42 Å². The van der Waals surface area contributed by atoms with Gasteiger partial charge in [0.05, 0.1) is 29.8 Å². The van der Waals surface area contributed by atoms with E-state index in [1.54, 1.807) is 6.08 Å². The highest BCUT2D eigenvalue weighted by Gasteiger charge is 2.15. The topological polar surface area (TPSA) is 70.9 Å². The van der Waals surface area contributed by atoms with E-state index in [1.165, 1.54) is 0 Å². The van der Waals surface area contributed by atoms with Gasteiger partial charge in [-0.05, 0) is 24.3 Å². The molecule has 0 aliphatic carbocycles. The molecule has 4 rings (SSSR count). The van der Waals surface area contributed by atoms with E-state index in [0.717, 1.165) is 23.0 Å². The SMILES string of the molecule is N#C/C(=C\c1cccc2c1OCCCO2)c1nc2ccccc2[nH]1. The molecule has 0 saturated heterocycles. The molecule has 1 aromatic heterocycles. The number of fused-ring (bicyclic) bond motifs is 2. The summed E-state index contributed by atoms with van der Waals surface area (Å²) in [6.07, 6.45) is 2.62. The first-order valence-corrected chi connectivity index (χ1v) is 7.81. The summed E-state index contributed by atoms with van der Waals surface area (Å²) in [5.41, 5.74) is 3.00. The van der Waals surface area contributed by atoms with Crippen molar-refractivity contribution in [1.29, 1.82) is 5.26 Å². The van der Waals surface area contributed by atoms with E-state index >= 15 is 0 Å². The Kier molecular flexibility index (Phi) is 3.64. The first-order chi connectivity index (χ1) is 11.8. The largest absolute Gasteiger partial charge is 0.490 e. The van der Waals surface area contributed by atoms with Crippen LogP contribution in [0, 0.1) is 11.3 Å². The number of imidazole rings is 1. The Hall–Kier alpha value is -3.26. The Labute approximate surface area is 139 Å². The number of nitrogens with one attached hydrogen (secondary N) is 1. The molecule has 24 heavy (non-hydrogen) atoms. The van der Waals surface area contributed by atoms with Crippen molar-refractivity contribution < 1.29 is 9.47 Å². The van der Waals surface area contributed by atoms with Crippen LogP contribution in [0.25, 0.3) is 22.7 Å². The van der Waals surface area contributed by atoms with Crippen molar-refractivity contribution in [2.75, 3.05) is 13.2 Å². The Morgan fingerprint density at radius 3 is 2.88 bits per heavy atom. The first kappa shape index (κ1) is 14.3. The van der Waals surface area contributed by atoms with Gasteiger partial charge < -0.3 is 14.5 Å². The zero-order chi connectivity index (χ0) is 16.4. The molecular formula is C19H15N3O2. The highest BCUT2D eigenvalue weighted by Crippen LogP contribution is 2.35. The molecule has 3 aromatic rings. The van der Waals surface area contributed by atoms with Crippen molar-refractivity contribution in [3.8, 4) is 17.6 Å². The molecule has 0 spiro atoms. The molecule has 1 aliphatic heterocycles. The summed E-state index contributed by atoms with van der Waals surface area (Å²) < 4.78 is 11.5. The third-order valence-electron chi connectivity index (χ3n) is 3.87. The second kappa shape index (κ2) is 6.09. The maximum absolute atomic E-state index is 9.58. The number of H-pyrrole nitrogens is 1. The van der Waals surface area contributed by atoms with Crippen LogP contribution >= 0.6 is 0 Å². The van der Waals surface area contributed by atoms with Gasteiger partial charge >= 0.3 is 0 Å². The molecule has 2 aromatic carbocycles. The van der Waals surface area contributed by atoms with Gasteiger partial charge in [-0.2, -0.15) is 5.26 Å². The number of rotatable bonds is 2. The average Bonchev–Trinajstić information content (AvgIpc) is 2.89. The predicted molar refractivity (Wildman–Crippen MR) is 91.6 cm³/mol. The normalized spacial score (nSPS) is 14.2. The first-order valence-electron chi connectivity index (χ1n) is 7.81. The number of nitriles is 1. The molecular weight excluding hydrogens is 302 g/mol. The van der Waals surface area contributed by atoms with Gasteiger partial charge in [0.15, 0.2) is 11.5 Å². The van der Waals surface area contributed by atoms with E-state index in [2.05, 4.69) is 16.0 Å². The number of nitrogens with zero attached hydrogens (tertiary/aromatic N) is 2. The molecule has 0 atom stereocenters. The van der Waals surface area contributed by atoms with Crippen LogP contribution in [0.2, 0.25) is 0 Å². The molecule has 1 N–H and O–H groups in total. The second-order valence-corrected chi connectivity index (χ2v) is 5.50. The van der Waals surface area contributed by atoms with Crippen molar-refractivity contribution in [2.24, 2.45) is 0 Å². The maximum atomic E-state index is 9.58. The molecule has 0 unspecified atom stereocenters. The molecule has 5 heteroatoms. The zero-order valence-corrected chi connectivity index (χ0v) is 13.0. The van der Waals surface area contributed by atoms with Crippen LogP contribution in [0.4, 0.5) is 0 Å². The number of aromatic amines is 1. The number of hydrogen-bond donors (Lipinski definition) is 1. The van der Waals surface area contributed by atoms with Crippen LogP contribution in [-0.4, -0.2) is 23.2 Å². The molecule has 1 aliphatic rings. The average molecular weight is 317 g/mol. The minimum atomic E-state index is 0.451. The van der Waals surface area contributed by atoms with Crippen molar-refractivity contribution in [3.05, 3.63) is 53.9 Å². The number of para-hydroxylation sites is 3. The van der Waals surface area contributed by atoms with Gasteiger partial charge in [-0.1, -0.05) is 24.3 Å². The fourth-order valence-corrected chi connectivity index (χ4v) is 2.72. The lowest BCUT2D eigenvalue weighted by Gasteiger charge is -2.10. The van der Waals surface area contributed by atoms with Crippen LogP contribution in [0.15, 0.2) is 42.5 Å². The molecule has 0 radical (unpaired) electrons. The smallest absolute Gasteiger partial charge is 0.168 e. The molecule has 0 saturated carbocycles. The standard InChI is InChI=1S/C19H15N3O2/c20-12-14(19-21-15-6-1-2-7-16(15)22-19)11-13-5-3-8-17-18(13)24-10-4-9-23-17/h1-3,5-8,11H,4,9-10H2,(H,21,22)/b14-11+. The third kappa shape index (κ3) is 2.59. The lowest BCUT2D eigenvalue weighted by atomic mass is 10.1. The highest BCUT2D eigenvalue weighted by atomic mass is 16.5. The van der Waals surface area contributed by atoms with Crippen LogP contribution < -0.4 is 9.47 Å². The second-order valence-electron chi connectivity index (χ2n) is 5.50. The van der Waals surface area contributed by atoms with Crippen LogP contribution in [0.5, 0.6) is 11.5 Å². The summed E-state index contributed by atoms with van der Waals surface area (Å²) in [6, 6.07) is 15.6. The van der Waals surface area contributed by atoms with Gasteiger partial charge in [0.1, 0.15) is 11.9 Å². The van der Waals surface area contributed by atoms with Gasteiger partial charge in [-0.15, -0.1) is 0 Å². The molecule has 118 valence electrons. The lowest BCUT2D eigenvalue weighted by molar-refractivity contribution is 0.296. The van der Waals surface area contributed by atoms with E-state index in [0.29, 0.717) is 36.1 Å². The fraction of sp³-hybridized carbons (Fsp3) is 0.158. The molecule has 0 fully saturated rings. The summed E-state index contributed by atoms with van der Waals surface area (Å²) in [7, 11) is 0. The van der Waals surface area contributed by atoms with Crippen LogP contribution in [0.1, 0.15) is 17.8 Å². The maximum Gasteiger partial charge on any atom is 0.168 e.